The molecule has 1 fully saturated rings. The number of pyridine rings is 1. The van der Waals surface area contributed by atoms with Gasteiger partial charge in [0, 0.05) is 25.7 Å². The molecule has 0 bridgehead atoms. The molecule has 2 rings (SSSR count). The van der Waals surface area contributed by atoms with E-state index >= 15 is 0 Å². The van der Waals surface area contributed by atoms with Crippen molar-refractivity contribution >= 4 is 15.9 Å². The molecule has 0 spiro atoms. The molecule has 5 heteroatoms. The minimum Gasteiger partial charge on any atom is -0.293 e. The van der Waals surface area contributed by atoms with Crippen molar-refractivity contribution in [3.8, 4) is 0 Å². The summed E-state index contributed by atoms with van der Waals surface area (Å²) in [5, 5.41) is 0. The van der Waals surface area contributed by atoms with Crippen molar-refractivity contribution in [1.82, 2.24) is 9.88 Å². The van der Waals surface area contributed by atoms with Gasteiger partial charge in [0.05, 0.1) is 6.54 Å². The van der Waals surface area contributed by atoms with E-state index in [2.05, 4.69) is 20.9 Å². The predicted molar refractivity (Wildman–Crippen MR) is 56.8 cm³/mol. The predicted octanol–water partition coefficient (Wildman–Crippen LogP) is 2.69. The minimum atomic E-state index is -2.51. The molecule has 1 saturated heterocycles. The molecule has 1 aliphatic rings. The van der Waals surface area contributed by atoms with E-state index in [1.165, 1.54) is 0 Å². The summed E-state index contributed by atoms with van der Waals surface area (Å²) in [6.07, 6.45) is 1.65. The minimum absolute atomic E-state index is 0.0285. The van der Waals surface area contributed by atoms with Crippen molar-refractivity contribution in [1.29, 1.82) is 0 Å². The van der Waals surface area contributed by atoms with Crippen LogP contribution in [0.4, 0.5) is 8.78 Å². The maximum atomic E-state index is 12.9. The molecule has 1 aliphatic heterocycles. The molecule has 0 aromatic carbocycles. The van der Waals surface area contributed by atoms with Crippen LogP contribution < -0.4 is 0 Å². The molecule has 1 aromatic rings. The van der Waals surface area contributed by atoms with Crippen LogP contribution in [0.15, 0.2) is 22.9 Å². The molecule has 0 amide bonds. The SMILES string of the molecule is FC1(F)CCN(Cc2ccnc(Br)c2)C1. The summed E-state index contributed by atoms with van der Waals surface area (Å²) < 4.78 is 26.6. The highest BCUT2D eigenvalue weighted by Gasteiger charge is 2.37. The molecular formula is C10H11BrF2N2. The number of alkyl halides is 2. The molecule has 2 heterocycles. The van der Waals surface area contributed by atoms with Crippen molar-refractivity contribution in [2.75, 3.05) is 13.1 Å². The van der Waals surface area contributed by atoms with E-state index in [0.29, 0.717) is 13.1 Å². The quantitative estimate of drug-likeness (QED) is 0.773. The Bertz CT molecular complexity index is 357. The number of hydrogen-bond acceptors (Lipinski definition) is 2. The second-order valence-electron chi connectivity index (χ2n) is 3.80. The van der Waals surface area contributed by atoms with Crippen molar-refractivity contribution in [2.45, 2.75) is 18.9 Å². The number of hydrogen-bond donors (Lipinski definition) is 0. The summed E-state index contributed by atoms with van der Waals surface area (Å²) in [5.74, 6) is -2.51. The van der Waals surface area contributed by atoms with Gasteiger partial charge in [0.25, 0.3) is 5.92 Å². The van der Waals surface area contributed by atoms with Gasteiger partial charge in [0.1, 0.15) is 4.60 Å². The van der Waals surface area contributed by atoms with Gasteiger partial charge in [-0.2, -0.15) is 0 Å². The largest absolute Gasteiger partial charge is 0.293 e. The van der Waals surface area contributed by atoms with Gasteiger partial charge in [-0.3, -0.25) is 4.90 Å². The standard InChI is InChI=1S/C10H11BrF2N2/c11-9-5-8(1-3-14-9)6-15-4-2-10(12,13)7-15/h1,3,5H,2,4,6-7H2. The zero-order valence-corrected chi connectivity index (χ0v) is 9.67. The second kappa shape index (κ2) is 4.14. The van der Waals surface area contributed by atoms with Gasteiger partial charge in [-0.05, 0) is 33.6 Å². The number of likely N-dealkylation sites (tertiary alicyclic amines) is 1. The fourth-order valence-electron chi connectivity index (χ4n) is 1.74. The molecule has 1 aromatic heterocycles. The van der Waals surface area contributed by atoms with Crippen LogP contribution >= 0.6 is 15.9 Å². The zero-order valence-electron chi connectivity index (χ0n) is 8.09. The van der Waals surface area contributed by atoms with Crippen LogP contribution in [0.25, 0.3) is 0 Å². The number of nitrogens with zero attached hydrogens (tertiary/aromatic N) is 2. The molecular weight excluding hydrogens is 266 g/mol. The Kier molecular flexibility index (Phi) is 3.02. The summed E-state index contributed by atoms with van der Waals surface area (Å²) in [4.78, 5) is 5.76. The molecule has 0 N–H and O–H groups in total. The lowest BCUT2D eigenvalue weighted by Gasteiger charge is -2.15. The van der Waals surface area contributed by atoms with Crippen LogP contribution in [0.1, 0.15) is 12.0 Å². The maximum absolute atomic E-state index is 12.9. The van der Waals surface area contributed by atoms with E-state index in [0.717, 1.165) is 10.2 Å². The smallest absolute Gasteiger partial charge is 0.261 e. The highest BCUT2D eigenvalue weighted by Crippen LogP contribution is 2.27. The van der Waals surface area contributed by atoms with E-state index in [1.54, 1.807) is 11.1 Å². The molecule has 15 heavy (non-hydrogen) atoms. The molecule has 0 saturated carbocycles. The first kappa shape index (κ1) is 11.0. The first-order chi connectivity index (χ1) is 7.05. The highest BCUT2D eigenvalue weighted by molar-refractivity contribution is 9.10. The first-order valence-electron chi connectivity index (χ1n) is 4.76. The summed E-state index contributed by atoms with van der Waals surface area (Å²) in [5.41, 5.74) is 1.01. The van der Waals surface area contributed by atoms with Crippen LogP contribution in [0, 0.1) is 0 Å². The van der Waals surface area contributed by atoms with Crippen molar-refractivity contribution < 1.29 is 8.78 Å². The molecule has 0 aliphatic carbocycles. The summed E-state index contributed by atoms with van der Waals surface area (Å²) in [7, 11) is 0. The third kappa shape index (κ3) is 2.95. The summed E-state index contributed by atoms with van der Waals surface area (Å²) in [6.45, 7) is 0.899. The van der Waals surface area contributed by atoms with Gasteiger partial charge in [-0.15, -0.1) is 0 Å². The summed E-state index contributed by atoms with van der Waals surface area (Å²) >= 11 is 3.26. The van der Waals surface area contributed by atoms with Gasteiger partial charge in [0.2, 0.25) is 0 Å². The topological polar surface area (TPSA) is 16.1 Å². The van der Waals surface area contributed by atoms with E-state index in [9.17, 15) is 8.78 Å². The molecule has 82 valence electrons. The van der Waals surface area contributed by atoms with Gasteiger partial charge in [0.15, 0.2) is 0 Å². The molecule has 0 radical (unpaired) electrons. The van der Waals surface area contributed by atoms with Crippen molar-refractivity contribution in [2.24, 2.45) is 0 Å². The Balaban J connectivity index is 1.99. The lowest BCUT2D eigenvalue weighted by Crippen LogP contribution is -2.24. The van der Waals surface area contributed by atoms with Gasteiger partial charge < -0.3 is 0 Å². The van der Waals surface area contributed by atoms with E-state index in [1.807, 2.05) is 12.1 Å². The average Bonchev–Trinajstić information content (AvgIpc) is 2.45. The zero-order chi connectivity index (χ0) is 10.9. The Labute approximate surface area is 95.4 Å². The van der Waals surface area contributed by atoms with Gasteiger partial charge in [-0.1, -0.05) is 0 Å². The number of rotatable bonds is 2. The third-order valence-electron chi connectivity index (χ3n) is 2.45. The Morgan fingerprint density at radius 3 is 2.93 bits per heavy atom. The van der Waals surface area contributed by atoms with Gasteiger partial charge in [-0.25, -0.2) is 13.8 Å². The van der Waals surface area contributed by atoms with Crippen molar-refractivity contribution in [3.63, 3.8) is 0 Å². The second-order valence-corrected chi connectivity index (χ2v) is 4.62. The number of halogens is 3. The third-order valence-corrected chi connectivity index (χ3v) is 2.88. The monoisotopic (exact) mass is 276 g/mol. The molecule has 2 nitrogen and oxygen atoms in total. The van der Waals surface area contributed by atoms with Crippen molar-refractivity contribution in [3.05, 3.63) is 28.5 Å². The fraction of sp³-hybridized carbons (Fsp3) is 0.500. The Morgan fingerprint density at radius 2 is 2.33 bits per heavy atom. The molecule has 0 atom stereocenters. The first-order valence-corrected chi connectivity index (χ1v) is 5.55. The van der Waals surface area contributed by atoms with Crippen LogP contribution in [0.2, 0.25) is 0 Å². The van der Waals surface area contributed by atoms with Crippen LogP contribution in [-0.2, 0) is 6.54 Å². The maximum Gasteiger partial charge on any atom is 0.261 e. The van der Waals surface area contributed by atoms with Crippen LogP contribution in [0.5, 0.6) is 0 Å². The van der Waals surface area contributed by atoms with E-state index in [-0.39, 0.29) is 13.0 Å². The van der Waals surface area contributed by atoms with E-state index in [4.69, 9.17) is 0 Å². The fourth-order valence-corrected chi connectivity index (χ4v) is 2.15. The van der Waals surface area contributed by atoms with Crippen LogP contribution in [0.3, 0.4) is 0 Å². The Hall–Kier alpha value is -0.550. The highest BCUT2D eigenvalue weighted by atomic mass is 79.9. The summed E-state index contributed by atoms with van der Waals surface area (Å²) in [6, 6.07) is 3.71. The van der Waals surface area contributed by atoms with Crippen LogP contribution in [-0.4, -0.2) is 28.9 Å². The average molecular weight is 277 g/mol. The lowest BCUT2D eigenvalue weighted by molar-refractivity contribution is 0.0115. The van der Waals surface area contributed by atoms with Gasteiger partial charge >= 0.3 is 0 Å². The van der Waals surface area contributed by atoms with E-state index < -0.39 is 5.92 Å². The lowest BCUT2D eigenvalue weighted by atomic mass is 10.2. The Morgan fingerprint density at radius 1 is 1.53 bits per heavy atom. The molecule has 0 unspecified atom stereocenters. The normalized spacial score (nSPS) is 20.7. The number of aromatic nitrogens is 1.